The summed E-state index contributed by atoms with van der Waals surface area (Å²) in [5, 5.41) is 13.1. The van der Waals surface area contributed by atoms with Crippen molar-refractivity contribution in [3.05, 3.63) is 29.8 Å². The average Bonchev–Trinajstić information content (AvgIpc) is 2.48. The number of hydrogen-bond donors (Lipinski definition) is 2. The highest BCUT2D eigenvalue weighted by Crippen LogP contribution is 2.25. The first-order valence-electron chi connectivity index (χ1n) is 8.59. The van der Waals surface area contributed by atoms with Crippen molar-refractivity contribution in [2.24, 2.45) is 5.92 Å². The second kappa shape index (κ2) is 7.54. The molecule has 0 amide bonds. The summed E-state index contributed by atoms with van der Waals surface area (Å²) in [6, 6.07) is 7.54. The Bertz CT molecular complexity index is 444. The van der Waals surface area contributed by atoms with Crippen LogP contribution in [0.3, 0.4) is 0 Å². The van der Waals surface area contributed by atoms with Crippen molar-refractivity contribution in [1.82, 2.24) is 0 Å². The van der Waals surface area contributed by atoms with E-state index in [4.69, 9.17) is 2.74 Å². The molecule has 1 unspecified atom stereocenters. The molecule has 1 atom stereocenters. The van der Waals surface area contributed by atoms with Gasteiger partial charge in [-0.1, -0.05) is 44.7 Å². The van der Waals surface area contributed by atoms with Crippen molar-refractivity contribution in [2.75, 3.05) is 11.8 Å². The third-order valence-corrected chi connectivity index (χ3v) is 3.86. The summed E-state index contributed by atoms with van der Waals surface area (Å²) in [7, 11) is 0. The third-order valence-electron chi connectivity index (χ3n) is 3.86. The lowest BCUT2D eigenvalue weighted by atomic mass is 9.89. The molecule has 0 aromatic heterocycles. The van der Waals surface area contributed by atoms with E-state index in [1.165, 1.54) is 6.42 Å². The maximum Gasteiger partial charge on any atom is 0.0790 e. The van der Waals surface area contributed by atoms with Crippen LogP contribution in [0.1, 0.15) is 66.3 Å². The molecule has 1 aromatic carbocycles. The normalized spacial score (nSPS) is 20.5. The monoisotopic (exact) mass is 263 g/mol. The Morgan fingerprint density at radius 2 is 2.16 bits per heavy atom. The molecule has 0 bridgehead atoms. The molecule has 1 aliphatic carbocycles. The number of rotatable bonds is 6. The summed E-state index contributed by atoms with van der Waals surface area (Å²) in [6.07, 6.45) is 6.60. The number of anilines is 1. The smallest absolute Gasteiger partial charge is 0.0790 e. The molecule has 0 aliphatic heterocycles. The molecule has 106 valence electrons. The first-order valence-corrected chi connectivity index (χ1v) is 7.59. The topological polar surface area (TPSA) is 32.3 Å². The van der Waals surface area contributed by atoms with Gasteiger partial charge >= 0.3 is 0 Å². The molecule has 19 heavy (non-hydrogen) atoms. The molecule has 0 heterocycles. The predicted molar refractivity (Wildman–Crippen MR) is 81.4 cm³/mol. The number of aliphatic hydroxyl groups excluding tert-OH is 1. The standard InChI is InChI=1S/C17H27NO/c1-2-7-17(19)15-10-6-11-16(12-15)18-13-14-8-4-3-5-9-14/h6,10-12,14,17-19H,2-5,7-9,13H2,1H3/i13D2. The maximum atomic E-state index is 10.1. The van der Waals surface area contributed by atoms with Crippen LogP contribution in [0.2, 0.25) is 0 Å². The molecule has 2 N–H and O–H groups in total. The summed E-state index contributed by atoms with van der Waals surface area (Å²) in [4.78, 5) is 0. The fraction of sp³-hybridized carbons (Fsp3) is 0.647. The van der Waals surface area contributed by atoms with E-state index in [-0.39, 0.29) is 5.92 Å². The number of aliphatic hydroxyl groups is 1. The second-order valence-electron chi connectivity index (χ2n) is 5.53. The zero-order valence-corrected chi connectivity index (χ0v) is 11.9. The van der Waals surface area contributed by atoms with E-state index in [2.05, 4.69) is 5.32 Å². The van der Waals surface area contributed by atoms with E-state index in [9.17, 15) is 5.11 Å². The minimum atomic E-state index is -1.38. The highest BCUT2D eigenvalue weighted by Gasteiger charge is 2.13. The van der Waals surface area contributed by atoms with Gasteiger partial charge in [0, 0.05) is 14.9 Å². The first-order chi connectivity index (χ1) is 10.0. The summed E-state index contributed by atoms with van der Waals surface area (Å²) < 4.78 is 16.6. The van der Waals surface area contributed by atoms with Gasteiger partial charge in [-0.3, -0.25) is 0 Å². The van der Waals surface area contributed by atoms with Crippen LogP contribution >= 0.6 is 0 Å². The van der Waals surface area contributed by atoms with Gasteiger partial charge in [0.2, 0.25) is 0 Å². The van der Waals surface area contributed by atoms with E-state index in [1.54, 1.807) is 0 Å². The summed E-state index contributed by atoms with van der Waals surface area (Å²) in [6.45, 7) is 0.668. The van der Waals surface area contributed by atoms with Gasteiger partial charge in [-0.05, 0) is 42.9 Å². The zero-order chi connectivity index (χ0) is 15.3. The Labute approximate surface area is 120 Å². The molecule has 1 aliphatic rings. The molecular formula is C17H27NO. The summed E-state index contributed by atoms with van der Waals surface area (Å²) >= 11 is 0. The second-order valence-corrected chi connectivity index (χ2v) is 5.53. The van der Waals surface area contributed by atoms with Gasteiger partial charge in [0.1, 0.15) is 0 Å². The van der Waals surface area contributed by atoms with Gasteiger partial charge in [-0.2, -0.15) is 0 Å². The highest BCUT2D eigenvalue weighted by molar-refractivity contribution is 5.46. The predicted octanol–water partition coefficient (Wildman–Crippen LogP) is 4.51. The Kier molecular flexibility index (Phi) is 4.67. The van der Waals surface area contributed by atoms with E-state index in [0.29, 0.717) is 0 Å². The Morgan fingerprint density at radius 3 is 2.89 bits per heavy atom. The zero-order valence-electron chi connectivity index (χ0n) is 13.9. The van der Waals surface area contributed by atoms with Crippen molar-refractivity contribution >= 4 is 5.69 Å². The number of hydrogen-bond acceptors (Lipinski definition) is 2. The molecular weight excluding hydrogens is 234 g/mol. The molecule has 2 rings (SSSR count). The van der Waals surface area contributed by atoms with Crippen molar-refractivity contribution in [3.63, 3.8) is 0 Å². The number of benzene rings is 1. The Hall–Kier alpha value is -1.02. The minimum absolute atomic E-state index is 0.0791. The van der Waals surface area contributed by atoms with Gasteiger partial charge in [-0.25, -0.2) is 0 Å². The van der Waals surface area contributed by atoms with Gasteiger partial charge in [-0.15, -0.1) is 0 Å². The average molecular weight is 263 g/mol. The molecule has 1 fully saturated rings. The van der Waals surface area contributed by atoms with E-state index >= 15 is 0 Å². The van der Waals surface area contributed by atoms with E-state index in [0.717, 1.165) is 49.8 Å². The largest absolute Gasteiger partial charge is 0.388 e. The quantitative estimate of drug-likeness (QED) is 0.791. The molecule has 0 saturated heterocycles. The first kappa shape index (κ1) is 11.8. The summed E-state index contributed by atoms with van der Waals surface area (Å²) in [5.74, 6) is 0.0791. The van der Waals surface area contributed by atoms with Gasteiger partial charge in [0.15, 0.2) is 0 Å². The Morgan fingerprint density at radius 1 is 1.37 bits per heavy atom. The number of nitrogens with one attached hydrogen (secondary N) is 1. The van der Waals surface area contributed by atoms with E-state index in [1.807, 2.05) is 31.2 Å². The highest BCUT2D eigenvalue weighted by atomic mass is 16.3. The van der Waals surface area contributed by atoms with Crippen LogP contribution in [0.25, 0.3) is 0 Å². The lowest BCUT2D eigenvalue weighted by Gasteiger charge is -2.22. The van der Waals surface area contributed by atoms with Crippen LogP contribution in [0.4, 0.5) is 5.69 Å². The van der Waals surface area contributed by atoms with Crippen LogP contribution in [-0.4, -0.2) is 11.6 Å². The molecule has 1 aromatic rings. The Balaban J connectivity index is 2.05. The van der Waals surface area contributed by atoms with E-state index < -0.39 is 12.6 Å². The SMILES string of the molecule is [2H]C([2H])(Nc1cccc(C(O)CCC)c1)C1CCCCC1. The maximum absolute atomic E-state index is 10.1. The molecule has 1 saturated carbocycles. The van der Waals surface area contributed by atoms with Gasteiger partial charge in [0.05, 0.1) is 6.10 Å². The molecule has 0 spiro atoms. The lowest BCUT2D eigenvalue weighted by Crippen LogP contribution is -2.17. The molecule has 2 heteroatoms. The van der Waals surface area contributed by atoms with Gasteiger partial charge in [0.25, 0.3) is 0 Å². The van der Waals surface area contributed by atoms with Crippen molar-refractivity contribution in [2.45, 2.75) is 58.0 Å². The summed E-state index contributed by atoms with van der Waals surface area (Å²) in [5.41, 5.74) is 1.62. The van der Waals surface area contributed by atoms with Crippen molar-refractivity contribution in [1.29, 1.82) is 0 Å². The fourth-order valence-electron chi connectivity index (χ4n) is 2.70. The van der Waals surface area contributed by atoms with Crippen LogP contribution in [0, 0.1) is 5.92 Å². The third kappa shape index (κ3) is 4.54. The molecule has 2 nitrogen and oxygen atoms in total. The van der Waals surface area contributed by atoms with Crippen LogP contribution in [0.15, 0.2) is 24.3 Å². The van der Waals surface area contributed by atoms with Crippen LogP contribution < -0.4 is 5.32 Å². The lowest BCUT2D eigenvalue weighted by molar-refractivity contribution is 0.166. The van der Waals surface area contributed by atoms with Crippen LogP contribution in [0.5, 0.6) is 0 Å². The van der Waals surface area contributed by atoms with Crippen LogP contribution in [-0.2, 0) is 0 Å². The minimum Gasteiger partial charge on any atom is -0.388 e. The fourth-order valence-corrected chi connectivity index (χ4v) is 2.70. The van der Waals surface area contributed by atoms with Crippen molar-refractivity contribution in [3.8, 4) is 0 Å². The molecule has 0 radical (unpaired) electrons. The van der Waals surface area contributed by atoms with Gasteiger partial charge < -0.3 is 10.4 Å². The van der Waals surface area contributed by atoms with Crippen molar-refractivity contribution < 1.29 is 7.85 Å².